The van der Waals surface area contributed by atoms with Crippen molar-refractivity contribution in [1.82, 2.24) is 39.2 Å². The summed E-state index contributed by atoms with van der Waals surface area (Å²) < 4.78 is 23.6. The number of pyridine rings is 1. The number of anilines is 1. The predicted molar refractivity (Wildman–Crippen MR) is 224 cm³/mol. The molecule has 0 saturated heterocycles. The van der Waals surface area contributed by atoms with Gasteiger partial charge in [0, 0.05) is 54.7 Å². The molecule has 0 bridgehead atoms. The second-order valence-electron chi connectivity index (χ2n) is 14.0. The van der Waals surface area contributed by atoms with Gasteiger partial charge in [0.2, 0.25) is 23.5 Å². The van der Waals surface area contributed by atoms with Crippen molar-refractivity contribution in [3.05, 3.63) is 88.9 Å². The first-order valence-electron chi connectivity index (χ1n) is 19.3. The Balaban J connectivity index is 1.33. The number of aryl methyl sites for hydroxylation is 4. The van der Waals surface area contributed by atoms with Crippen molar-refractivity contribution in [2.24, 2.45) is 11.5 Å². The lowest BCUT2D eigenvalue weighted by Crippen LogP contribution is -2.17. The summed E-state index contributed by atoms with van der Waals surface area (Å²) in [5.74, 6) is -0.228. The maximum atomic E-state index is 13.7. The molecule has 0 aliphatic carbocycles. The lowest BCUT2D eigenvalue weighted by molar-refractivity contribution is 0.0987. The van der Waals surface area contributed by atoms with Crippen LogP contribution in [0.2, 0.25) is 0 Å². The van der Waals surface area contributed by atoms with E-state index in [1.807, 2.05) is 56.8 Å². The van der Waals surface area contributed by atoms with E-state index in [2.05, 4.69) is 25.3 Å². The highest BCUT2D eigenvalue weighted by atomic mass is 16.5. The number of carbonyl (C=O) groups excluding carboxylic acids is 3. The number of ether oxygens (including phenoxy) is 2. The van der Waals surface area contributed by atoms with Gasteiger partial charge in [-0.05, 0) is 76.7 Å². The van der Waals surface area contributed by atoms with Gasteiger partial charge in [-0.3, -0.25) is 29.4 Å². The molecule has 0 spiro atoms. The summed E-state index contributed by atoms with van der Waals surface area (Å²) in [5, 5.41) is 12.2. The Kier molecular flexibility index (Phi) is 11.5. The van der Waals surface area contributed by atoms with Gasteiger partial charge in [-0.25, -0.2) is 9.97 Å². The molecule has 0 unspecified atom stereocenters. The standard InChI is InChI=1S/C42H47N11O6/c1-7-29-38(59-24(4)47-29)41(56)49-42-48-31-18-26(40(44)55)20-35(58-15-11-12-45-5)37(31)52(42)14-10-9-13-51-32-21-30(33-16-23(3)50-53(33)8-2)46-22-28(32)27-17-25(39(43)54)19-34(57-6)36(27)51/h9-10,16-22,45H,7-8,11-15H2,1-6H3,(H2,43,54)(H2,44,55)(H,48,49,56)/b10-9+. The van der Waals surface area contributed by atoms with Gasteiger partial charge in [0.1, 0.15) is 17.0 Å². The van der Waals surface area contributed by atoms with Crippen LogP contribution in [0.4, 0.5) is 5.95 Å². The molecule has 0 aliphatic heterocycles. The molecule has 7 rings (SSSR count). The van der Waals surface area contributed by atoms with Gasteiger partial charge >= 0.3 is 0 Å². The number of hydrogen-bond acceptors (Lipinski definition) is 11. The Morgan fingerprint density at radius 2 is 1.63 bits per heavy atom. The molecule has 5 aromatic heterocycles. The van der Waals surface area contributed by atoms with Crippen molar-refractivity contribution in [3.8, 4) is 22.9 Å². The van der Waals surface area contributed by atoms with Crippen LogP contribution in [0.1, 0.15) is 68.8 Å². The van der Waals surface area contributed by atoms with Crippen LogP contribution in [0.3, 0.4) is 0 Å². The van der Waals surface area contributed by atoms with Crippen molar-refractivity contribution in [1.29, 1.82) is 0 Å². The van der Waals surface area contributed by atoms with E-state index in [9.17, 15) is 14.4 Å². The highest BCUT2D eigenvalue weighted by molar-refractivity contribution is 6.13. The highest BCUT2D eigenvalue weighted by Crippen LogP contribution is 2.38. The van der Waals surface area contributed by atoms with Gasteiger partial charge < -0.3 is 39.8 Å². The number of primary amides is 2. The number of oxazole rings is 1. The number of nitrogens with two attached hydrogens (primary N) is 2. The van der Waals surface area contributed by atoms with Gasteiger partial charge in [0.25, 0.3) is 5.91 Å². The topological polar surface area (TPSA) is 225 Å². The Morgan fingerprint density at radius 1 is 0.898 bits per heavy atom. The van der Waals surface area contributed by atoms with Crippen LogP contribution in [0.25, 0.3) is 44.2 Å². The SMILES string of the molecule is CCc1nc(C)oc1C(=O)Nc1nc2cc(C(N)=O)cc(OCCCNC)c2n1C/C=C/Cn1c2cc(-c3cc(C)nn3CC)ncc2c2cc(C(N)=O)cc(OC)c21. The smallest absolute Gasteiger partial charge is 0.295 e. The van der Waals surface area contributed by atoms with Crippen LogP contribution in [0, 0.1) is 13.8 Å². The molecule has 2 aromatic carbocycles. The number of rotatable bonds is 17. The van der Waals surface area contributed by atoms with Gasteiger partial charge in [0.05, 0.1) is 53.0 Å². The minimum Gasteiger partial charge on any atom is -0.495 e. The lowest BCUT2D eigenvalue weighted by Gasteiger charge is -2.13. The molecule has 0 radical (unpaired) electrons. The third-order valence-corrected chi connectivity index (χ3v) is 10.0. The number of nitrogens with zero attached hydrogens (tertiary/aromatic N) is 7. The van der Waals surface area contributed by atoms with Crippen LogP contribution >= 0.6 is 0 Å². The molecule has 0 saturated carbocycles. The highest BCUT2D eigenvalue weighted by Gasteiger charge is 2.24. The van der Waals surface area contributed by atoms with Gasteiger partial charge in [-0.1, -0.05) is 19.1 Å². The molecule has 0 atom stereocenters. The summed E-state index contributed by atoms with van der Waals surface area (Å²) in [6.45, 7) is 9.87. The van der Waals surface area contributed by atoms with Crippen molar-refractivity contribution < 1.29 is 28.3 Å². The summed E-state index contributed by atoms with van der Waals surface area (Å²) in [4.78, 5) is 52.5. The quantitative estimate of drug-likeness (QED) is 0.0683. The number of nitrogens with one attached hydrogen (secondary N) is 2. The molecular weight excluding hydrogens is 755 g/mol. The number of allylic oxidation sites excluding steroid dienone is 2. The number of amides is 3. The fourth-order valence-electron chi connectivity index (χ4n) is 7.30. The first-order chi connectivity index (χ1) is 28.5. The van der Waals surface area contributed by atoms with Crippen molar-refractivity contribution in [2.45, 2.75) is 60.2 Å². The van der Waals surface area contributed by atoms with Crippen LogP contribution in [0.15, 0.2) is 59.2 Å². The van der Waals surface area contributed by atoms with Crippen LogP contribution in [-0.4, -0.2) is 78.9 Å². The molecule has 17 heteroatoms. The molecule has 3 amide bonds. The average Bonchev–Trinajstić information content (AvgIpc) is 3.98. The minimum absolute atomic E-state index is 0.0892. The van der Waals surface area contributed by atoms with E-state index < -0.39 is 17.7 Å². The minimum atomic E-state index is -0.645. The number of carbonyl (C=O) groups is 3. The molecule has 59 heavy (non-hydrogen) atoms. The zero-order chi connectivity index (χ0) is 42.0. The number of methoxy groups -OCH3 is 1. The second kappa shape index (κ2) is 16.8. The molecule has 5 heterocycles. The maximum absolute atomic E-state index is 13.7. The van der Waals surface area contributed by atoms with E-state index in [1.165, 1.54) is 0 Å². The van der Waals surface area contributed by atoms with E-state index >= 15 is 0 Å². The summed E-state index contributed by atoms with van der Waals surface area (Å²) in [6.07, 6.45) is 6.91. The third kappa shape index (κ3) is 7.83. The zero-order valence-electron chi connectivity index (χ0n) is 33.9. The molecule has 6 N–H and O–H groups in total. The monoisotopic (exact) mass is 801 g/mol. The Hall–Kier alpha value is -7.01. The maximum Gasteiger partial charge on any atom is 0.295 e. The average molecular weight is 802 g/mol. The number of fused-ring (bicyclic) bond motifs is 4. The summed E-state index contributed by atoms with van der Waals surface area (Å²) >= 11 is 0. The Bertz CT molecular complexity index is 2770. The fraction of sp³-hybridized carbons (Fsp3) is 0.310. The molecule has 0 aliphatic rings. The van der Waals surface area contributed by atoms with Crippen molar-refractivity contribution in [2.75, 3.05) is 32.6 Å². The van der Waals surface area contributed by atoms with Crippen LogP contribution in [0.5, 0.6) is 11.5 Å². The third-order valence-electron chi connectivity index (χ3n) is 10.0. The second-order valence-corrected chi connectivity index (χ2v) is 14.0. The van der Waals surface area contributed by atoms with Crippen LogP contribution < -0.4 is 31.6 Å². The number of hydrogen-bond donors (Lipinski definition) is 4. The van der Waals surface area contributed by atoms with E-state index in [0.717, 1.165) is 45.4 Å². The lowest BCUT2D eigenvalue weighted by atomic mass is 10.1. The van der Waals surface area contributed by atoms with E-state index in [-0.39, 0.29) is 23.8 Å². The molecule has 7 aromatic rings. The Morgan fingerprint density at radius 3 is 2.32 bits per heavy atom. The first kappa shape index (κ1) is 40.2. The number of imidazole rings is 1. The van der Waals surface area contributed by atoms with Gasteiger partial charge in [-0.2, -0.15) is 5.10 Å². The number of aromatic nitrogens is 7. The van der Waals surface area contributed by atoms with Crippen LogP contribution in [-0.2, 0) is 26.1 Å². The van der Waals surface area contributed by atoms with E-state index in [4.69, 9.17) is 35.3 Å². The fourth-order valence-corrected chi connectivity index (χ4v) is 7.30. The summed E-state index contributed by atoms with van der Waals surface area (Å²) in [6, 6.07) is 10.6. The number of benzene rings is 2. The van der Waals surface area contributed by atoms with Crippen molar-refractivity contribution in [3.63, 3.8) is 0 Å². The first-order valence-corrected chi connectivity index (χ1v) is 19.3. The Labute approximate surface area is 339 Å². The van der Waals surface area contributed by atoms with Gasteiger partial charge in [0.15, 0.2) is 5.89 Å². The van der Waals surface area contributed by atoms with Crippen molar-refractivity contribution >= 4 is 56.5 Å². The zero-order valence-corrected chi connectivity index (χ0v) is 33.9. The predicted octanol–water partition coefficient (Wildman–Crippen LogP) is 5.29. The normalized spacial score (nSPS) is 11.7. The largest absolute Gasteiger partial charge is 0.495 e. The summed E-state index contributed by atoms with van der Waals surface area (Å²) in [5.41, 5.74) is 17.6. The molecule has 306 valence electrons. The molecule has 17 nitrogen and oxygen atoms in total. The van der Waals surface area contributed by atoms with Gasteiger partial charge in [-0.15, -0.1) is 0 Å². The molecular formula is C42H47N11O6. The van der Waals surface area contributed by atoms with E-state index in [1.54, 1.807) is 49.1 Å². The molecule has 0 fully saturated rings. The van der Waals surface area contributed by atoms with E-state index in [0.29, 0.717) is 72.2 Å². The summed E-state index contributed by atoms with van der Waals surface area (Å²) in [7, 11) is 3.41.